The van der Waals surface area contributed by atoms with Gasteiger partial charge >= 0.3 is 0 Å². The second-order valence-electron chi connectivity index (χ2n) is 13.2. The Balaban J connectivity index is 3.23. The Morgan fingerprint density at radius 3 is 0.595 bits per heavy atom. The van der Waals surface area contributed by atoms with Gasteiger partial charge in [-0.05, 0) is 11.8 Å². The van der Waals surface area contributed by atoms with Crippen LogP contribution in [0.15, 0.2) is 0 Å². The predicted molar refractivity (Wildman–Crippen MR) is 173 cm³/mol. The first-order valence-corrected chi connectivity index (χ1v) is 18.2. The van der Waals surface area contributed by atoms with E-state index in [-0.39, 0.29) is 0 Å². The zero-order valence-corrected chi connectivity index (χ0v) is 27.1. The van der Waals surface area contributed by atoms with Crippen LogP contribution in [0.5, 0.6) is 0 Å². The Labute approximate surface area is 238 Å². The lowest BCUT2D eigenvalue weighted by atomic mass is 9.95. The van der Waals surface area contributed by atoms with Crippen LogP contribution in [0.4, 0.5) is 0 Å². The summed E-state index contributed by atoms with van der Waals surface area (Å²) in [5.41, 5.74) is 0. The molecule has 0 rings (SSSR count). The molecule has 0 aromatic heterocycles. The third-order valence-electron chi connectivity index (χ3n) is 8.99. The third-order valence-corrected chi connectivity index (χ3v) is 8.99. The lowest BCUT2D eigenvalue weighted by Gasteiger charge is -2.12. The van der Waals surface area contributed by atoms with Gasteiger partial charge in [-0.2, -0.15) is 0 Å². The van der Waals surface area contributed by atoms with Gasteiger partial charge in [0.1, 0.15) is 0 Å². The van der Waals surface area contributed by atoms with Gasteiger partial charge in [0.15, 0.2) is 0 Å². The summed E-state index contributed by atoms with van der Waals surface area (Å²) in [6.45, 7) is 9.63. The molecule has 0 spiro atoms. The summed E-state index contributed by atoms with van der Waals surface area (Å²) in [6, 6.07) is 0. The quantitative estimate of drug-likeness (QED) is 0.0773. The smallest absolute Gasteiger partial charge is 0.0443 e. The maximum absolute atomic E-state index is 2.50. The van der Waals surface area contributed by atoms with Crippen LogP contribution < -0.4 is 0 Å². The standard InChI is InChI=1S/C37H76/c1-5-7-9-11-13-15-17-20-24-28-32-36(3)34-30-26-22-19-23-27-31-35-37(4)33-29-25-21-18-16-14-12-10-8-6-2/h36-37H,5-35H2,1-4H3. The van der Waals surface area contributed by atoms with Crippen molar-refractivity contribution in [1.82, 2.24) is 0 Å². The summed E-state index contributed by atoms with van der Waals surface area (Å²) in [5.74, 6) is 1.93. The topological polar surface area (TPSA) is 0 Å². The van der Waals surface area contributed by atoms with Gasteiger partial charge < -0.3 is 0 Å². The fourth-order valence-electron chi connectivity index (χ4n) is 6.12. The molecule has 224 valence electrons. The van der Waals surface area contributed by atoms with Crippen molar-refractivity contribution < 1.29 is 0 Å². The molecule has 2 atom stereocenters. The van der Waals surface area contributed by atoms with Crippen LogP contribution in [0.3, 0.4) is 0 Å². The Kier molecular flexibility index (Phi) is 32.2. The summed E-state index contributed by atoms with van der Waals surface area (Å²) in [5, 5.41) is 0. The van der Waals surface area contributed by atoms with E-state index in [1.165, 1.54) is 199 Å². The van der Waals surface area contributed by atoms with E-state index >= 15 is 0 Å². The number of hydrogen-bond acceptors (Lipinski definition) is 0. The zero-order valence-electron chi connectivity index (χ0n) is 27.1. The lowest BCUT2D eigenvalue weighted by molar-refractivity contribution is 0.421. The molecule has 0 amide bonds. The van der Waals surface area contributed by atoms with Crippen molar-refractivity contribution >= 4 is 0 Å². The number of unbranched alkanes of at least 4 members (excludes halogenated alkanes) is 24. The molecule has 0 aromatic carbocycles. The third kappa shape index (κ3) is 32.1. The zero-order chi connectivity index (χ0) is 27.1. The SMILES string of the molecule is CCCCCCCCCCCCC(C)CCCCCCCCCC(C)CCCCCCCCCCCC. The largest absolute Gasteiger partial charge is 0.0654 e. The average molecular weight is 521 g/mol. The molecule has 0 nitrogen and oxygen atoms in total. The van der Waals surface area contributed by atoms with Crippen molar-refractivity contribution in [3.63, 3.8) is 0 Å². The van der Waals surface area contributed by atoms with Gasteiger partial charge in [0.05, 0.1) is 0 Å². The summed E-state index contributed by atoms with van der Waals surface area (Å²) in [7, 11) is 0. The highest BCUT2D eigenvalue weighted by molar-refractivity contribution is 4.58. The molecule has 0 aliphatic rings. The maximum atomic E-state index is 2.50. The molecule has 0 radical (unpaired) electrons. The van der Waals surface area contributed by atoms with Gasteiger partial charge in [-0.1, -0.05) is 227 Å². The molecular formula is C37H76. The van der Waals surface area contributed by atoms with Crippen LogP contribution >= 0.6 is 0 Å². The molecule has 0 heterocycles. The first kappa shape index (κ1) is 37.0. The highest BCUT2D eigenvalue weighted by atomic mass is 14.1. The molecule has 0 saturated carbocycles. The number of hydrogen-bond donors (Lipinski definition) is 0. The van der Waals surface area contributed by atoms with E-state index in [0.717, 1.165) is 11.8 Å². The second-order valence-corrected chi connectivity index (χ2v) is 13.2. The highest BCUT2D eigenvalue weighted by Gasteiger charge is 2.04. The fourth-order valence-corrected chi connectivity index (χ4v) is 6.12. The van der Waals surface area contributed by atoms with Crippen LogP contribution in [0.2, 0.25) is 0 Å². The molecule has 0 bridgehead atoms. The summed E-state index contributed by atoms with van der Waals surface area (Å²) >= 11 is 0. The van der Waals surface area contributed by atoms with Crippen molar-refractivity contribution in [2.75, 3.05) is 0 Å². The number of rotatable bonds is 32. The van der Waals surface area contributed by atoms with Crippen molar-refractivity contribution in [2.45, 2.75) is 227 Å². The van der Waals surface area contributed by atoms with Crippen LogP contribution in [-0.2, 0) is 0 Å². The summed E-state index contributed by atoms with van der Waals surface area (Å²) in [6.07, 6.45) is 45.6. The van der Waals surface area contributed by atoms with E-state index in [2.05, 4.69) is 27.7 Å². The van der Waals surface area contributed by atoms with Crippen molar-refractivity contribution in [2.24, 2.45) is 11.8 Å². The van der Waals surface area contributed by atoms with E-state index in [4.69, 9.17) is 0 Å². The van der Waals surface area contributed by atoms with Crippen molar-refractivity contribution in [3.05, 3.63) is 0 Å². The Hall–Kier alpha value is 0. The van der Waals surface area contributed by atoms with Crippen molar-refractivity contribution in [1.29, 1.82) is 0 Å². The highest BCUT2D eigenvalue weighted by Crippen LogP contribution is 2.21. The normalized spacial score (nSPS) is 13.3. The molecule has 0 aliphatic heterocycles. The molecule has 0 fully saturated rings. The van der Waals surface area contributed by atoms with E-state index in [1.54, 1.807) is 0 Å². The van der Waals surface area contributed by atoms with Gasteiger partial charge in [-0.15, -0.1) is 0 Å². The minimum absolute atomic E-state index is 0.964. The molecule has 0 N–H and O–H groups in total. The average Bonchev–Trinajstić information content (AvgIpc) is 2.89. The second kappa shape index (κ2) is 32.2. The maximum Gasteiger partial charge on any atom is -0.0443 e. The van der Waals surface area contributed by atoms with E-state index in [9.17, 15) is 0 Å². The monoisotopic (exact) mass is 521 g/mol. The minimum Gasteiger partial charge on any atom is -0.0654 e. The van der Waals surface area contributed by atoms with Crippen LogP contribution in [0, 0.1) is 11.8 Å². The molecule has 0 saturated heterocycles. The fraction of sp³-hybridized carbons (Fsp3) is 1.00. The first-order chi connectivity index (χ1) is 18.2. The van der Waals surface area contributed by atoms with E-state index in [1.807, 2.05) is 0 Å². The molecular weight excluding hydrogens is 444 g/mol. The van der Waals surface area contributed by atoms with Crippen LogP contribution in [-0.4, -0.2) is 0 Å². The minimum atomic E-state index is 0.964. The molecule has 2 unspecified atom stereocenters. The van der Waals surface area contributed by atoms with Gasteiger partial charge in [0, 0.05) is 0 Å². The first-order valence-electron chi connectivity index (χ1n) is 18.2. The molecule has 37 heavy (non-hydrogen) atoms. The Morgan fingerprint density at radius 2 is 0.405 bits per heavy atom. The van der Waals surface area contributed by atoms with Crippen LogP contribution in [0.25, 0.3) is 0 Å². The van der Waals surface area contributed by atoms with Gasteiger partial charge in [-0.3, -0.25) is 0 Å². The predicted octanol–water partition coefficient (Wildman–Crippen LogP) is 14.4. The lowest BCUT2D eigenvalue weighted by Crippen LogP contribution is -1.96. The molecule has 0 aliphatic carbocycles. The van der Waals surface area contributed by atoms with Gasteiger partial charge in [-0.25, -0.2) is 0 Å². The van der Waals surface area contributed by atoms with Crippen molar-refractivity contribution in [3.8, 4) is 0 Å². The molecule has 0 heteroatoms. The summed E-state index contributed by atoms with van der Waals surface area (Å²) in [4.78, 5) is 0. The Morgan fingerprint density at radius 1 is 0.243 bits per heavy atom. The molecule has 0 aromatic rings. The van der Waals surface area contributed by atoms with Gasteiger partial charge in [0.2, 0.25) is 0 Å². The van der Waals surface area contributed by atoms with Gasteiger partial charge in [0.25, 0.3) is 0 Å². The van der Waals surface area contributed by atoms with Crippen LogP contribution in [0.1, 0.15) is 227 Å². The van der Waals surface area contributed by atoms with E-state index < -0.39 is 0 Å². The Bertz CT molecular complexity index is 349. The van der Waals surface area contributed by atoms with E-state index in [0.29, 0.717) is 0 Å². The summed E-state index contributed by atoms with van der Waals surface area (Å²) < 4.78 is 0.